The van der Waals surface area contributed by atoms with Gasteiger partial charge in [0.1, 0.15) is 18.3 Å². The molecule has 0 aliphatic carbocycles. The number of aliphatic hydroxyl groups is 1. The molecule has 1 fully saturated rings. The molecule has 7 nitrogen and oxygen atoms in total. The van der Waals surface area contributed by atoms with Gasteiger partial charge in [0.05, 0.1) is 6.04 Å². The molecule has 1 aliphatic rings. The number of aliphatic hydroxyl groups excluding tert-OH is 1. The number of furan rings is 1. The van der Waals surface area contributed by atoms with E-state index in [1.165, 1.54) is 6.42 Å². The van der Waals surface area contributed by atoms with Crippen molar-refractivity contribution in [2.75, 3.05) is 13.2 Å². The van der Waals surface area contributed by atoms with Crippen LogP contribution >= 0.6 is 0 Å². The minimum Gasteiger partial charge on any atom is -0.457 e. The summed E-state index contributed by atoms with van der Waals surface area (Å²) in [7, 11) is 0. The molecule has 44 heavy (non-hydrogen) atoms. The number of aryl methyl sites for hydroxylation is 2. The maximum atomic E-state index is 14.2. The van der Waals surface area contributed by atoms with Gasteiger partial charge in [0.2, 0.25) is 11.7 Å². The van der Waals surface area contributed by atoms with Crippen molar-refractivity contribution in [1.82, 2.24) is 4.90 Å². The molecule has 2 aromatic carbocycles. The Morgan fingerprint density at radius 1 is 0.909 bits per heavy atom. The fourth-order valence-corrected chi connectivity index (χ4v) is 5.91. The molecule has 0 bridgehead atoms. The van der Waals surface area contributed by atoms with E-state index in [1.54, 1.807) is 6.07 Å². The second kappa shape index (κ2) is 16.4. The number of amides is 2. The van der Waals surface area contributed by atoms with E-state index in [1.807, 2.05) is 69.3 Å². The Hall–Kier alpha value is -3.71. The van der Waals surface area contributed by atoms with Crippen molar-refractivity contribution in [2.24, 2.45) is 11.8 Å². The summed E-state index contributed by atoms with van der Waals surface area (Å²) < 4.78 is 11.6. The van der Waals surface area contributed by atoms with Gasteiger partial charge >= 0.3 is 6.09 Å². The van der Waals surface area contributed by atoms with E-state index in [-0.39, 0.29) is 31.3 Å². The zero-order valence-electron chi connectivity index (χ0n) is 26.4. The molecule has 0 spiro atoms. The van der Waals surface area contributed by atoms with Crippen LogP contribution in [0.25, 0.3) is 11.1 Å². The van der Waals surface area contributed by atoms with Crippen molar-refractivity contribution in [3.63, 3.8) is 0 Å². The predicted octanol–water partition coefficient (Wildman–Crippen LogP) is 7.96. The number of nitrogens with zero attached hydrogens (tertiary/aromatic N) is 1. The average Bonchev–Trinajstić information content (AvgIpc) is 3.63. The van der Waals surface area contributed by atoms with E-state index >= 15 is 0 Å². The summed E-state index contributed by atoms with van der Waals surface area (Å²) in [6.45, 7) is 6.29. The summed E-state index contributed by atoms with van der Waals surface area (Å²) in [5.74, 6) is -1.23. The van der Waals surface area contributed by atoms with Crippen molar-refractivity contribution < 1.29 is 28.6 Å². The van der Waals surface area contributed by atoms with Crippen molar-refractivity contribution in [3.8, 4) is 11.1 Å². The van der Waals surface area contributed by atoms with E-state index in [2.05, 4.69) is 6.07 Å². The number of unbranched alkanes of at least 4 members (excludes halogenated alkanes) is 7. The van der Waals surface area contributed by atoms with Crippen LogP contribution < -0.4 is 0 Å². The molecule has 1 aromatic heterocycles. The lowest BCUT2D eigenvalue weighted by molar-refractivity contribution is -0.132. The fourth-order valence-electron chi connectivity index (χ4n) is 5.91. The lowest BCUT2D eigenvalue weighted by Crippen LogP contribution is -2.47. The summed E-state index contributed by atoms with van der Waals surface area (Å²) in [5, 5.41) is 8.95. The zero-order chi connectivity index (χ0) is 31.5. The zero-order valence-corrected chi connectivity index (χ0v) is 26.4. The first-order chi connectivity index (χ1) is 21.3. The molecule has 236 valence electrons. The third-order valence-corrected chi connectivity index (χ3v) is 8.50. The van der Waals surface area contributed by atoms with E-state index in [0.29, 0.717) is 6.42 Å². The van der Waals surface area contributed by atoms with E-state index < -0.39 is 29.7 Å². The van der Waals surface area contributed by atoms with E-state index in [9.17, 15) is 14.4 Å². The number of imide groups is 1. The number of hydrogen-bond acceptors (Lipinski definition) is 6. The Morgan fingerprint density at radius 3 is 2.25 bits per heavy atom. The highest BCUT2D eigenvalue weighted by atomic mass is 16.6. The van der Waals surface area contributed by atoms with E-state index in [4.69, 9.17) is 14.3 Å². The van der Waals surface area contributed by atoms with Crippen LogP contribution in [0.4, 0.5) is 4.79 Å². The van der Waals surface area contributed by atoms with Gasteiger partial charge in [-0.1, -0.05) is 113 Å². The topological polar surface area (TPSA) is 97.1 Å². The molecule has 2 heterocycles. The second-order valence-corrected chi connectivity index (χ2v) is 12.3. The van der Waals surface area contributed by atoms with Crippen LogP contribution in [0, 0.1) is 18.8 Å². The number of carbonyl (C=O) groups excluding carboxylic acids is 3. The van der Waals surface area contributed by atoms with Gasteiger partial charge in [0.25, 0.3) is 0 Å². The van der Waals surface area contributed by atoms with Crippen LogP contribution in [0.1, 0.15) is 92.7 Å². The minimum absolute atomic E-state index is 0.0124. The van der Waals surface area contributed by atoms with Gasteiger partial charge in [-0.15, -0.1) is 0 Å². The van der Waals surface area contributed by atoms with Crippen LogP contribution in [0.15, 0.2) is 65.1 Å². The molecule has 2 amide bonds. The third kappa shape index (κ3) is 8.69. The molecule has 7 heteroatoms. The first kappa shape index (κ1) is 33.2. The standard InChI is InChI=1S/C37H47NO6/c1-26(2)32-25-43-37(42)38(32)36(41)31(23-28-17-11-10-12-18-28)35(40)34-24-30(29-19-15-16-27(3)22-29)33(44-34)20-13-8-6-4-5-7-9-14-21-39/h10-12,15-19,22,24,26,31-32,39H,4-9,13-14,20-21,23,25H2,1-3H3/t31-,32+/m0/s1. The lowest BCUT2D eigenvalue weighted by atomic mass is 9.91. The summed E-state index contributed by atoms with van der Waals surface area (Å²) in [6, 6.07) is 18.9. The number of Topliss-reactive ketones (excluding diaryl/α,β-unsaturated/α-hetero) is 1. The van der Waals surface area contributed by atoms with Crippen LogP contribution in [-0.2, 0) is 22.4 Å². The Balaban J connectivity index is 1.58. The highest BCUT2D eigenvalue weighted by Gasteiger charge is 2.44. The van der Waals surface area contributed by atoms with Gasteiger partial charge in [-0.3, -0.25) is 9.59 Å². The number of benzene rings is 2. The van der Waals surface area contributed by atoms with Crippen molar-refractivity contribution in [1.29, 1.82) is 0 Å². The SMILES string of the molecule is Cc1cccc(-c2cc(C(=O)[C@H](Cc3ccccc3)C(=O)N3C(=O)OC[C@@H]3C(C)C)oc2CCCCCCCCCCO)c1. The number of hydrogen-bond donors (Lipinski definition) is 1. The van der Waals surface area contributed by atoms with Crippen LogP contribution in [-0.4, -0.2) is 47.0 Å². The van der Waals surface area contributed by atoms with Crippen LogP contribution in [0.5, 0.6) is 0 Å². The Kier molecular flexibility index (Phi) is 12.4. The van der Waals surface area contributed by atoms with Crippen molar-refractivity contribution in [3.05, 3.63) is 83.3 Å². The van der Waals surface area contributed by atoms with Crippen LogP contribution in [0.2, 0.25) is 0 Å². The molecule has 1 N–H and O–H groups in total. The summed E-state index contributed by atoms with van der Waals surface area (Å²) in [6.07, 6.45) is 8.69. The van der Waals surface area contributed by atoms with Crippen LogP contribution in [0.3, 0.4) is 0 Å². The molecule has 1 saturated heterocycles. The largest absolute Gasteiger partial charge is 0.457 e. The number of ketones is 1. The predicted molar refractivity (Wildman–Crippen MR) is 171 cm³/mol. The quantitative estimate of drug-likeness (QED) is 0.0958. The maximum absolute atomic E-state index is 14.2. The monoisotopic (exact) mass is 601 g/mol. The lowest BCUT2D eigenvalue weighted by Gasteiger charge is -2.26. The first-order valence-corrected chi connectivity index (χ1v) is 16.2. The number of rotatable bonds is 17. The van der Waals surface area contributed by atoms with Gasteiger partial charge in [-0.25, -0.2) is 9.69 Å². The van der Waals surface area contributed by atoms with Gasteiger partial charge in [-0.05, 0) is 49.3 Å². The summed E-state index contributed by atoms with van der Waals surface area (Å²) in [4.78, 5) is 42.1. The van der Waals surface area contributed by atoms with Gasteiger partial charge in [0, 0.05) is 18.6 Å². The molecule has 3 aromatic rings. The fraction of sp³-hybridized carbons (Fsp3) is 0.486. The molecule has 2 atom stereocenters. The number of ether oxygens (including phenoxy) is 1. The molecular formula is C37H47NO6. The molecule has 1 aliphatic heterocycles. The highest BCUT2D eigenvalue weighted by Crippen LogP contribution is 2.32. The summed E-state index contributed by atoms with van der Waals surface area (Å²) >= 11 is 0. The number of cyclic esters (lactones) is 1. The first-order valence-electron chi connectivity index (χ1n) is 16.2. The highest BCUT2D eigenvalue weighted by molar-refractivity contribution is 6.12. The van der Waals surface area contributed by atoms with Gasteiger partial charge in [-0.2, -0.15) is 0 Å². The smallest absolute Gasteiger partial charge is 0.417 e. The normalized spacial score (nSPS) is 15.5. The van der Waals surface area contributed by atoms with Crippen molar-refractivity contribution >= 4 is 17.8 Å². The molecular weight excluding hydrogens is 554 g/mol. The third-order valence-electron chi connectivity index (χ3n) is 8.50. The number of carbonyl (C=O) groups is 3. The maximum Gasteiger partial charge on any atom is 0.417 e. The molecule has 0 saturated carbocycles. The molecule has 4 rings (SSSR count). The molecule has 0 radical (unpaired) electrons. The Bertz CT molecular complexity index is 1380. The molecule has 0 unspecified atom stereocenters. The second-order valence-electron chi connectivity index (χ2n) is 12.3. The van der Waals surface area contributed by atoms with Gasteiger partial charge < -0.3 is 14.3 Å². The minimum atomic E-state index is -1.13. The van der Waals surface area contributed by atoms with Gasteiger partial charge in [0.15, 0.2) is 5.76 Å². The Labute approximate surface area is 261 Å². The average molecular weight is 602 g/mol. The summed E-state index contributed by atoms with van der Waals surface area (Å²) in [5.41, 5.74) is 3.77. The van der Waals surface area contributed by atoms with Crippen molar-refractivity contribution in [2.45, 2.75) is 91.0 Å². The van der Waals surface area contributed by atoms with E-state index in [0.717, 1.165) is 77.9 Å². The Morgan fingerprint density at radius 2 is 1.59 bits per heavy atom.